The first-order valence-electron chi connectivity index (χ1n) is 8.90. The lowest BCUT2D eigenvalue weighted by Gasteiger charge is -2.58. The maximum atomic E-state index is 8.88. The number of likely N-dealkylation sites (tertiary alicyclic amines) is 1. The number of benzene rings is 1. The van der Waals surface area contributed by atoms with E-state index in [1.54, 1.807) is 18.2 Å². The lowest BCUT2D eigenvalue weighted by atomic mass is 9.52. The van der Waals surface area contributed by atoms with Gasteiger partial charge in [0, 0.05) is 11.5 Å². The molecular weight excluding hydrogens is 341 g/mol. The molecule has 3 aliphatic rings. The number of fused-ring (bicyclic) bond motifs is 1. The van der Waals surface area contributed by atoms with Crippen molar-refractivity contribution in [3.05, 3.63) is 29.3 Å². The minimum absolute atomic E-state index is 0.456. The Morgan fingerprint density at radius 2 is 1.96 bits per heavy atom. The molecule has 0 radical (unpaired) electrons. The Morgan fingerprint density at radius 3 is 2.64 bits per heavy atom. The molecule has 0 aromatic heterocycles. The fraction of sp³-hybridized carbons (Fsp3) is 0.667. The minimum Gasteiger partial charge on any atom is -0.497 e. The van der Waals surface area contributed by atoms with Crippen LogP contribution in [0.2, 0.25) is 0 Å². The molecule has 3 N–H and O–H groups in total. The van der Waals surface area contributed by atoms with Gasteiger partial charge in [-0.05, 0) is 68.5 Å². The second-order valence-corrected chi connectivity index (χ2v) is 8.57. The number of hydrogen-bond donors (Lipinski definition) is 3. The fourth-order valence-electron chi connectivity index (χ4n) is 5.30. The summed E-state index contributed by atoms with van der Waals surface area (Å²) in [5.41, 5.74) is 3.67. The third kappa shape index (κ3) is 3.79. The Morgan fingerprint density at radius 1 is 1.24 bits per heavy atom. The Hall–Kier alpha value is -0.910. The van der Waals surface area contributed by atoms with Gasteiger partial charge in [0.2, 0.25) is 0 Å². The molecule has 0 unspecified atom stereocenters. The molecule has 1 saturated heterocycles. The molecule has 2 aliphatic carbocycles. The summed E-state index contributed by atoms with van der Waals surface area (Å²) in [5.74, 6) is 1.91. The number of phosphoric acid groups is 1. The molecule has 3 atom stereocenters. The molecule has 4 rings (SSSR count). The van der Waals surface area contributed by atoms with Gasteiger partial charge < -0.3 is 24.3 Å². The van der Waals surface area contributed by atoms with Crippen molar-refractivity contribution in [2.24, 2.45) is 5.92 Å². The van der Waals surface area contributed by atoms with Crippen LogP contribution < -0.4 is 4.74 Å². The van der Waals surface area contributed by atoms with Crippen LogP contribution in [0, 0.1) is 5.92 Å². The van der Waals surface area contributed by atoms with Crippen LogP contribution in [0.1, 0.15) is 43.2 Å². The van der Waals surface area contributed by atoms with Crippen LogP contribution in [0.4, 0.5) is 0 Å². The van der Waals surface area contributed by atoms with Crippen molar-refractivity contribution in [2.75, 3.05) is 20.7 Å². The summed E-state index contributed by atoms with van der Waals surface area (Å²) < 4.78 is 14.4. The van der Waals surface area contributed by atoms with Crippen molar-refractivity contribution >= 4 is 7.82 Å². The summed E-state index contributed by atoms with van der Waals surface area (Å²) >= 11 is 0. The Bertz CT molecular complexity index is 667. The van der Waals surface area contributed by atoms with Gasteiger partial charge in [0.1, 0.15) is 5.75 Å². The average molecular weight is 369 g/mol. The van der Waals surface area contributed by atoms with Gasteiger partial charge in [-0.1, -0.05) is 18.9 Å². The topological polar surface area (TPSA) is 90.2 Å². The standard InChI is InChI=1S/C18H25NO.H3O4P/c1-19-10-9-18-8-4-3-5-15(18)17(19)11-13-6-7-14(20-2)12-16(13)18;1-5(2,3)4/h6-7,12,15,17H,3-5,8-11H2,1-2H3;(H3,1,2,3,4)/t15-,17-,18-;/m1./s1. The van der Waals surface area contributed by atoms with Gasteiger partial charge in [0.25, 0.3) is 0 Å². The second-order valence-electron chi connectivity index (χ2n) is 7.55. The third-order valence-electron chi connectivity index (χ3n) is 6.32. The van der Waals surface area contributed by atoms with E-state index < -0.39 is 7.82 Å². The quantitative estimate of drug-likeness (QED) is 0.659. The zero-order chi connectivity index (χ0) is 18.2. The zero-order valence-electron chi connectivity index (χ0n) is 14.9. The largest absolute Gasteiger partial charge is 0.497 e. The number of methoxy groups -OCH3 is 1. The van der Waals surface area contributed by atoms with Crippen LogP contribution in [0.5, 0.6) is 5.75 Å². The Labute approximate surface area is 149 Å². The number of piperidine rings is 1. The van der Waals surface area contributed by atoms with Crippen LogP contribution >= 0.6 is 7.82 Å². The van der Waals surface area contributed by atoms with Gasteiger partial charge in [0.05, 0.1) is 7.11 Å². The molecule has 1 saturated carbocycles. The molecular formula is C18H28NO5P. The van der Waals surface area contributed by atoms with E-state index >= 15 is 0 Å². The summed E-state index contributed by atoms with van der Waals surface area (Å²) in [6, 6.07) is 7.60. The van der Waals surface area contributed by atoms with Crippen molar-refractivity contribution in [3.8, 4) is 5.75 Å². The molecule has 1 heterocycles. The summed E-state index contributed by atoms with van der Waals surface area (Å²) in [6.07, 6.45) is 8.22. The van der Waals surface area contributed by atoms with Gasteiger partial charge in [-0.25, -0.2) is 4.57 Å². The molecule has 1 aliphatic heterocycles. The molecule has 7 heteroatoms. The number of hydrogen-bond acceptors (Lipinski definition) is 3. The van der Waals surface area contributed by atoms with Crippen molar-refractivity contribution in [1.82, 2.24) is 4.90 Å². The van der Waals surface area contributed by atoms with E-state index in [1.807, 2.05) is 0 Å². The van der Waals surface area contributed by atoms with Gasteiger partial charge >= 0.3 is 7.82 Å². The predicted molar refractivity (Wildman–Crippen MR) is 95.6 cm³/mol. The van der Waals surface area contributed by atoms with Crippen LogP contribution in [-0.4, -0.2) is 46.3 Å². The number of nitrogens with zero attached hydrogens (tertiary/aromatic N) is 1. The van der Waals surface area contributed by atoms with Crippen LogP contribution in [0.15, 0.2) is 18.2 Å². The molecule has 0 amide bonds. The first-order chi connectivity index (χ1) is 11.7. The minimum atomic E-state index is -4.64. The molecule has 6 nitrogen and oxygen atoms in total. The normalized spacial score (nSPS) is 31.2. The Kier molecular flexibility index (Phi) is 5.29. The van der Waals surface area contributed by atoms with Crippen molar-refractivity contribution in [1.29, 1.82) is 0 Å². The molecule has 140 valence electrons. The van der Waals surface area contributed by atoms with E-state index in [4.69, 9.17) is 24.0 Å². The highest BCUT2D eigenvalue weighted by Gasteiger charge is 2.53. The van der Waals surface area contributed by atoms with Gasteiger partial charge in [0.15, 0.2) is 0 Å². The SMILES string of the molecule is COc1ccc2c(c1)[C@@]13CCCC[C@@H]1[C@@H](C2)N(C)CC3.O=P(O)(O)O. The van der Waals surface area contributed by atoms with Crippen molar-refractivity contribution in [2.45, 2.75) is 50.0 Å². The molecule has 1 aromatic rings. The summed E-state index contributed by atoms with van der Waals surface area (Å²) in [7, 11) is -0.518. The lowest BCUT2D eigenvalue weighted by Crippen LogP contribution is -2.59. The first-order valence-corrected chi connectivity index (χ1v) is 10.5. The van der Waals surface area contributed by atoms with Crippen molar-refractivity contribution in [3.63, 3.8) is 0 Å². The maximum absolute atomic E-state index is 8.88. The maximum Gasteiger partial charge on any atom is 0.466 e. The highest BCUT2D eigenvalue weighted by Crippen LogP contribution is 2.55. The second kappa shape index (κ2) is 7.01. The van der Waals surface area contributed by atoms with Crippen LogP contribution in [0.3, 0.4) is 0 Å². The summed E-state index contributed by atoms with van der Waals surface area (Å²) in [4.78, 5) is 24.2. The van der Waals surface area contributed by atoms with Crippen molar-refractivity contribution < 1.29 is 24.0 Å². The fourth-order valence-corrected chi connectivity index (χ4v) is 5.30. The third-order valence-corrected chi connectivity index (χ3v) is 6.32. The first kappa shape index (κ1) is 18.9. The smallest absolute Gasteiger partial charge is 0.466 e. The van der Waals surface area contributed by atoms with Gasteiger partial charge in [-0.2, -0.15) is 0 Å². The monoisotopic (exact) mass is 369 g/mol. The highest BCUT2D eigenvalue weighted by molar-refractivity contribution is 7.45. The van der Waals surface area contributed by atoms with Gasteiger partial charge in [-0.15, -0.1) is 0 Å². The van der Waals surface area contributed by atoms with E-state index in [-0.39, 0.29) is 0 Å². The number of rotatable bonds is 1. The number of ether oxygens (including phenoxy) is 1. The van der Waals surface area contributed by atoms with E-state index in [2.05, 4.69) is 30.1 Å². The van der Waals surface area contributed by atoms with E-state index in [0.717, 1.165) is 17.7 Å². The highest BCUT2D eigenvalue weighted by atomic mass is 31.2. The summed E-state index contributed by atoms with van der Waals surface area (Å²) in [5, 5.41) is 0. The van der Waals surface area contributed by atoms with E-state index in [0.29, 0.717) is 5.41 Å². The molecule has 2 bridgehead atoms. The van der Waals surface area contributed by atoms with E-state index in [1.165, 1.54) is 45.1 Å². The predicted octanol–water partition coefficient (Wildman–Crippen LogP) is 2.45. The molecule has 2 fully saturated rings. The van der Waals surface area contributed by atoms with E-state index in [9.17, 15) is 0 Å². The lowest BCUT2D eigenvalue weighted by molar-refractivity contribution is 0.00274. The molecule has 25 heavy (non-hydrogen) atoms. The average Bonchev–Trinajstić information content (AvgIpc) is 2.56. The van der Waals surface area contributed by atoms with Crippen LogP contribution in [0.25, 0.3) is 0 Å². The summed E-state index contributed by atoms with van der Waals surface area (Å²) in [6.45, 7) is 1.26. The van der Waals surface area contributed by atoms with Crippen LogP contribution in [-0.2, 0) is 16.4 Å². The molecule has 1 aromatic carbocycles. The number of likely N-dealkylation sites (N-methyl/N-ethyl adjacent to an activating group) is 1. The Balaban J connectivity index is 0.000000324. The van der Waals surface area contributed by atoms with Gasteiger partial charge in [-0.3, -0.25) is 0 Å². The molecule has 0 spiro atoms. The zero-order valence-corrected chi connectivity index (χ0v) is 15.8.